The Labute approximate surface area is 138 Å². The third-order valence-corrected chi connectivity index (χ3v) is 5.57. The summed E-state index contributed by atoms with van der Waals surface area (Å²) in [6.07, 6.45) is 5.17. The van der Waals surface area contributed by atoms with Crippen LogP contribution in [0.4, 0.5) is 4.39 Å². The minimum Gasteiger partial charge on any atom is -0.370 e. The van der Waals surface area contributed by atoms with Crippen molar-refractivity contribution in [2.24, 2.45) is 0 Å². The van der Waals surface area contributed by atoms with Gasteiger partial charge in [0.2, 0.25) is 0 Å². The van der Waals surface area contributed by atoms with Crippen LogP contribution in [-0.2, 0) is 17.8 Å². The second-order valence-electron chi connectivity index (χ2n) is 6.96. The van der Waals surface area contributed by atoms with Crippen LogP contribution in [0.15, 0.2) is 18.2 Å². The maximum Gasteiger partial charge on any atom is 0.157 e. The van der Waals surface area contributed by atoms with Crippen molar-refractivity contribution in [3.8, 4) is 11.3 Å². The van der Waals surface area contributed by atoms with Gasteiger partial charge in [-0.3, -0.25) is 0 Å². The molecule has 3 aliphatic rings. The first kappa shape index (κ1) is 13.9. The van der Waals surface area contributed by atoms with Gasteiger partial charge in [0.25, 0.3) is 0 Å². The Morgan fingerprint density at radius 3 is 2.70 bits per heavy atom. The average molecular weight is 331 g/mol. The molecule has 3 nitrogen and oxygen atoms in total. The Morgan fingerprint density at radius 2 is 2.00 bits per heavy atom. The molecule has 1 aromatic heterocycles. The van der Waals surface area contributed by atoms with Crippen LogP contribution in [0.2, 0.25) is 5.15 Å². The van der Waals surface area contributed by atoms with Crippen molar-refractivity contribution < 1.29 is 9.13 Å². The summed E-state index contributed by atoms with van der Waals surface area (Å²) in [5.41, 5.74) is 4.03. The molecule has 0 amide bonds. The van der Waals surface area contributed by atoms with Crippen LogP contribution >= 0.6 is 11.6 Å². The fourth-order valence-corrected chi connectivity index (χ4v) is 3.69. The van der Waals surface area contributed by atoms with Crippen molar-refractivity contribution in [2.45, 2.75) is 50.2 Å². The van der Waals surface area contributed by atoms with E-state index in [1.807, 2.05) is 12.1 Å². The molecular weight excluding hydrogens is 315 g/mol. The number of hydrogen-bond acceptors (Lipinski definition) is 3. The lowest BCUT2D eigenvalue weighted by atomic mass is 9.93. The van der Waals surface area contributed by atoms with E-state index in [4.69, 9.17) is 16.3 Å². The highest BCUT2D eigenvalue weighted by molar-refractivity contribution is 6.30. The molecule has 2 aromatic rings. The molecule has 1 spiro atoms. The zero-order valence-electron chi connectivity index (χ0n) is 12.6. The van der Waals surface area contributed by atoms with Crippen molar-refractivity contribution in [1.82, 2.24) is 10.2 Å². The molecule has 23 heavy (non-hydrogen) atoms. The third-order valence-electron chi connectivity index (χ3n) is 5.26. The Bertz CT molecular complexity index is 815. The van der Waals surface area contributed by atoms with Gasteiger partial charge < -0.3 is 4.74 Å². The zero-order valence-corrected chi connectivity index (χ0v) is 13.4. The summed E-state index contributed by atoms with van der Waals surface area (Å²) in [4.78, 5) is 0. The standard InChI is InChI=1S/C18H16ClFN2O/c19-17-14-9-23-18(5-6-18)8-13(14)16(21-22-17)12-4-3-11(7-15(12)20)10-1-2-10/h3-4,7,10H,1-2,5-6,8-9H2. The van der Waals surface area contributed by atoms with Crippen molar-refractivity contribution in [3.05, 3.63) is 45.9 Å². The van der Waals surface area contributed by atoms with E-state index in [1.165, 1.54) is 0 Å². The summed E-state index contributed by atoms with van der Waals surface area (Å²) in [6.45, 7) is 0.443. The highest BCUT2D eigenvalue weighted by atomic mass is 35.5. The van der Waals surface area contributed by atoms with Gasteiger partial charge in [0.15, 0.2) is 5.15 Å². The van der Waals surface area contributed by atoms with Gasteiger partial charge in [-0.1, -0.05) is 17.7 Å². The number of benzene rings is 1. The lowest BCUT2D eigenvalue weighted by molar-refractivity contribution is 0.00798. The van der Waals surface area contributed by atoms with Gasteiger partial charge in [-0.05, 0) is 54.9 Å². The number of hydrogen-bond donors (Lipinski definition) is 0. The summed E-state index contributed by atoms with van der Waals surface area (Å²) >= 11 is 6.18. The smallest absolute Gasteiger partial charge is 0.157 e. The van der Waals surface area contributed by atoms with Crippen LogP contribution < -0.4 is 0 Å². The molecule has 2 saturated carbocycles. The quantitative estimate of drug-likeness (QED) is 0.817. The molecule has 118 valence electrons. The molecule has 1 aromatic carbocycles. The lowest BCUT2D eigenvalue weighted by Gasteiger charge is -2.26. The number of ether oxygens (including phenoxy) is 1. The molecule has 0 saturated heterocycles. The normalized spacial score (nSPS) is 21.3. The van der Waals surface area contributed by atoms with Gasteiger partial charge in [-0.2, -0.15) is 0 Å². The van der Waals surface area contributed by atoms with Gasteiger partial charge in [0.1, 0.15) is 5.82 Å². The topological polar surface area (TPSA) is 35.0 Å². The monoisotopic (exact) mass is 330 g/mol. The Hall–Kier alpha value is -1.52. The largest absolute Gasteiger partial charge is 0.370 e. The number of fused-ring (bicyclic) bond motifs is 1. The van der Waals surface area contributed by atoms with Gasteiger partial charge in [-0.15, -0.1) is 10.2 Å². The molecule has 0 atom stereocenters. The highest BCUT2D eigenvalue weighted by Gasteiger charge is 2.48. The molecule has 2 heterocycles. The summed E-state index contributed by atoms with van der Waals surface area (Å²) in [6, 6.07) is 5.52. The average Bonchev–Trinajstić information content (AvgIpc) is 3.45. The Balaban J connectivity index is 1.63. The van der Waals surface area contributed by atoms with E-state index in [1.54, 1.807) is 6.07 Å². The Morgan fingerprint density at radius 1 is 1.17 bits per heavy atom. The molecule has 0 unspecified atom stereocenters. The van der Waals surface area contributed by atoms with Crippen molar-refractivity contribution in [2.75, 3.05) is 0 Å². The van der Waals surface area contributed by atoms with Crippen LogP contribution in [0.3, 0.4) is 0 Å². The second kappa shape index (κ2) is 4.74. The lowest BCUT2D eigenvalue weighted by Crippen LogP contribution is -2.25. The van der Waals surface area contributed by atoms with E-state index in [0.29, 0.717) is 28.9 Å². The zero-order chi connectivity index (χ0) is 15.6. The van der Waals surface area contributed by atoms with Gasteiger partial charge in [-0.25, -0.2) is 4.39 Å². The molecule has 2 fully saturated rings. The van der Waals surface area contributed by atoms with Crippen LogP contribution in [0.25, 0.3) is 11.3 Å². The molecule has 5 heteroatoms. The summed E-state index contributed by atoms with van der Waals surface area (Å²) < 4.78 is 20.6. The number of aromatic nitrogens is 2. The van der Waals surface area contributed by atoms with Gasteiger partial charge in [0, 0.05) is 17.5 Å². The van der Waals surface area contributed by atoms with Crippen LogP contribution in [0.1, 0.15) is 48.3 Å². The maximum atomic E-state index is 14.7. The minimum atomic E-state index is -0.218. The first-order chi connectivity index (χ1) is 11.2. The first-order valence-corrected chi connectivity index (χ1v) is 8.51. The van der Waals surface area contributed by atoms with Gasteiger partial charge in [0.05, 0.1) is 17.9 Å². The van der Waals surface area contributed by atoms with E-state index in [2.05, 4.69) is 10.2 Å². The Kier molecular flexibility index (Phi) is 2.86. The maximum absolute atomic E-state index is 14.7. The molecule has 0 radical (unpaired) electrons. The SMILES string of the molecule is Fc1cc(C2CC2)ccc1-c1nnc(Cl)c2c1CC1(CC1)OC2. The summed E-state index contributed by atoms with van der Waals surface area (Å²) in [5.74, 6) is 0.316. The third kappa shape index (κ3) is 2.27. The number of rotatable bonds is 2. The predicted octanol–water partition coefficient (Wildman–Crippen LogP) is 4.42. The van der Waals surface area contributed by atoms with E-state index in [0.717, 1.165) is 48.8 Å². The molecule has 1 aliphatic heterocycles. The summed E-state index contributed by atoms with van der Waals surface area (Å²) in [5, 5.41) is 8.62. The first-order valence-electron chi connectivity index (χ1n) is 8.13. The van der Waals surface area contributed by atoms with Crippen LogP contribution in [0.5, 0.6) is 0 Å². The van der Waals surface area contributed by atoms with E-state index < -0.39 is 0 Å². The molecule has 0 bridgehead atoms. The highest BCUT2D eigenvalue weighted by Crippen LogP contribution is 2.49. The molecule has 2 aliphatic carbocycles. The van der Waals surface area contributed by atoms with E-state index in [9.17, 15) is 4.39 Å². The van der Waals surface area contributed by atoms with Gasteiger partial charge >= 0.3 is 0 Å². The fourth-order valence-electron chi connectivity index (χ4n) is 3.49. The summed E-state index contributed by atoms with van der Waals surface area (Å²) in [7, 11) is 0. The molecular formula is C18H16ClFN2O. The van der Waals surface area contributed by atoms with Crippen LogP contribution in [0, 0.1) is 5.82 Å². The van der Waals surface area contributed by atoms with E-state index in [-0.39, 0.29) is 11.4 Å². The van der Waals surface area contributed by atoms with Crippen LogP contribution in [-0.4, -0.2) is 15.8 Å². The van der Waals surface area contributed by atoms with Crippen molar-refractivity contribution >= 4 is 11.6 Å². The van der Waals surface area contributed by atoms with Crippen molar-refractivity contribution in [3.63, 3.8) is 0 Å². The minimum absolute atomic E-state index is 0.0709. The van der Waals surface area contributed by atoms with E-state index >= 15 is 0 Å². The number of nitrogens with zero attached hydrogens (tertiary/aromatic N) is 2. The fraction of sp³-hybridized carbons (Fsp3) is 0.444. The molecule has 0 N–H and O–H groups in total. The molecule has 5 rings (SSSR count). The van der Waals surface area contributed by atoms with Crippen molar-refractivity contribution in [1.29, 1.82) is 0 Å². The predicted molar refractivity (Wildman–Crippen MR) is 84.9 cm³/mol. The number of halogens is 2. The second-order valence-corrected chi connectivity index (χ2v) is 7.32.